The Morgan fingerprint density at radius 3 is 2.45 bits per heavy atom. The maximum Gasteiger partial charge on any atom is 0.141 e. The summed E-state index contributed by atoms with van der Waals surface area (Å²) in [5.41, 5.74) is 6.38. The minimum atomic E-state index is 0.352. The van der Waals surface area contributed by atoms with Gasteiger partial charge < -0.3 is 5.73 Å². The quantitative estimate of drug-likeness (QED) is 0.614. The van der Waals surface area contributed by atoms with Crippen LogP contribution >= 0.6 is 0 Å². The lowest BCUT2D eigenvalue weighted by atomic mass is 10.1. The van der Waals surface area contributed by atoms with Crippen LogP contribution in [0, 0.1) is 5.92 Å². The van der Waals surface area contributed by atoms with E-state index in [0.717, 1.165) is 5.71 Å². The van der Waals surface area contributed by atoms with Crippen LogP contribution in [-0.4, -0.2) is 12.4 Å². The van der Waals surface area contributed by atoms with Gasteiger partial charge >= 0.3 is 0 Å². The van der Waals surface area contributed by atoms with Gasteiger partial charge in [-0.05, 0) is 19.6 Å². The average molecular weight is 153 g/mol. The van der Waals surface area contributed by atoms with Gasteiger partial charge in [-0.2, -0.15) is 0 Å². The van der Waals surface area contributed by atoms with Crippen LogP contribution in [0.3, 0.4) is 0 Å². The highest BCUT2D eigenvalue weighted by molar-refractivity contribution is 5.84. The average Bonchev–Trinajstić information content (AvgIpc) is 1.99. The van der Waals surface area contributed by atoms with Gasteiger partial charge in [-0.1, -0.05) is 13.8 Å². The molecule has 3 heteroatoms. The molecule has 0 saturated heterocycles. The fourth-order valence-electron chi connectivity index (χ4n) is 0.358. The van der Waals surface area contributed by atoms with E-state index in [1.165, 1.54) is 6.20 Å². The Kier molecular flexibility index (Phi) is 4.18. The van der Waals surface area contributed by atoms with E-state index in [1.54, 1.807) is 0 Å². The summed E-state index contributed by atoms with van der Waals surface area (Å²) >= 11 is 0. The van der Waals surface area contributed by atoms with E-state index < -0.39 is 0 Å². The summed E-state index contributed by atoms with van der Waals surface area (Å²) in [5.74, 6) is 0.800. The largest absolute Gasteiger partial charge is 0.382 e. The molecular formula is C8H15N3. The molecule has 11 heavy (non-hydrogen) atoms. The molecular weight excluding hydrogens is 138 g/mol. The van der Waals surface area contributed by atoms with Gasteiger partial charge in [0.2, 0.25) is 0 Å². The first-order valence-corrected chi connectivity index (χ1v) is 3.54. The Bertz CT molecular complexity index is 190. The highest BCUT2D eigenvalue weighted by Gasteiger charge is 1.94. The third-order valence-electron chi connectivity index (χ3n) is 1.42. The standard InChI is InChI=1S/C8H15N3/c1-6(2)7(3)11-5-8(9)10-4/h5-6H,4,9H2,1-3H3/b8-5-,11-7?. The maximum absolute atomic E-state index is 5.35. The number of rotatable bonds is 3. The number of aliphatic imine (C=N–C) groups is 2. The molecule has 0 aromatic heterocycles. The number of nitrogens with two attached hydrogens (primary N) is 1. The molecule has 0 heterocycles. The van der Waals surface area contributed by atoms with Crippen molar-refractivity contribution in [3.05, 3.63) is 12.0 Å². The summed E-state index contributed by atoms with van der Waals surface area (Å²) in [5, 5.41) is 0. The molecule has 0 aliphatic carbocycles. The Morgan fingerprint density at radius 1 is 1.55 bits per heavy atom. The van der Waals surface area contributed by atoms with Crippen molar-refractivity contribution < 1.29 is 0 Å². The van der Waals surface area contributed by atoms with E-state index >= 15 is 0 Å². The number of hydrogen-bond acceptors (Lipinski definition) is 3. The van der Waals surface area contributed by atoms with Crippen molar-refractivity contribution in [3.63, 3.8) is 0 Å². The third-order valence-corrected chi connectivity index (χ3v) is 1.42. The van der Waals surface area contributed by atoms with Crippen LogP contribution in [-0.2, 0) is 0 Å². The van der Waals surface area contributed by atoms with Crippen LogP contribution < -0.4 is 5.73 Å². The van der Waals surface area contributed by atoms with Gasteiger partial charge in [0, 0.05) is 5.71 Å². The molecule has 0 rings (SSSR count). The predicted octanol–water partition coefficient (Wildman–Crippen LogP) is 1.56. The lowest BCUT2D eigenvalue weighted by Crippen LogP contribution is -2.01. The molecule has 0 unspecified atom stereocenters. The molecule has 3 nitrogen and oxygen atoms in total. The van der Waals surface area contributed by atoms with Crippen molar-refractivity contribution in [1.82, 2.24) is 0 Å². The fourth-order valence-corrected chi connectivity index (χ4v) is 0.358. The van der Waals surface area contributed by atoms with Crippen molar-refractivity contribution in [3.8, 4) is 0 Å². The summed E-state index contributed by atoms with van der Waals surface area (Å²) in [7, 11) is 0. The lowest BCUT2D eigenvalue weighted by Gasteiger charge is -2.00. The number of hydrogen-bond donors (Lipinski definition) is 1. The minimum absolute atomic E-state index is 0.352. The van der Waals surface area contributed by atoms with Crippen LogP contribution in [0.5, 0.6) is 0 Å². The molecule has 0 radical (unpaired) electrons. The smallest absolute Gasteiger partial charge is 0.141 e. The Morgan fingerprint density at radius 2 is 2.09 bits per heavy atom. The molecule has 0 amide bonds. The van der Waals surface area contributed by atoms with Gasteiger partial charge in [0.25, 0.3) is 0 Å². The monoisotopic (exact) mass is 153 g/mol. The van der Waals surface area contributed by atoms with E-state index in [1.807, 2.05) is 6.92 Å². The lowest BCUT2D eigenvalue weighted by molar-refractivity contribution is 0.877. The highest BCUT2D eigenvalue weighted by Crippen LogP contribution is 1.97. The van der Waals surface area contributed by atoms with Crippen LogP contribution in [0.2, 0.25) is 0 Å². The topological polar surface area (TPSA) is 50.7 Å². The van der Waals surface area contributed by atoms with Crippen molar-refractivity contribution >= 4 is 12.4 Å². The molecule has 0 fully saturated rings. The summed E-state index contributed by atoms with van der Waals surface area (Å²) in [6.45, 7) is 9.37. The zero-order chi connectivity index (χ0) is 8.85. The molecule has 0 aliphatic heterocycles. The Hall–Kier alpha value is -1.12. The van der Waals surface area contributed by atoms with Gasteiger partial charge in [0.15, 0.2) is 0 Å². The molecule has 0 aromatic rings. The van der Waals surface area contributed by atoms with Gasteiger partial charge in [-0.15, -0.1) is 0 Å². The third kappa shape index (κ3) is 4.31. The minimum Gasteiger partial charge on any atom is -0.382 e. The molecule has 0 aromatic carbocycles. The molecule has 0 aliphatic rings. The summed E-state index contributed by atoms with van der Waals surface area (Å²) in [6, 6.07) is 0. The second-order valence-electron chi connectivity index (χ2n) is 2.64. The van der Waals surface area contributed by atoms with Gasteiger partial charge in [0.05, 0.1) is 6.20 Å². The SMILES string of the molecule is C=N/C(N)=C\N=C(C)C(C)C. The molecule has 0 saturated carbocycles. The Labute approximate surface area is 67.7 Å². The highest BCUT2D eigenvalue weighted by atomic mass is 14.9. The predicted molar refractivity (Wildman–Crippen MR) is 49.8 cm³/mol. The summed E-state index contributed by atoms with van der Waals surface area (Å²) < 4.78 is 0. The van der Waals surface area contributed by atoms with Crippen molar-refractivity contribution in [2.45, 2.75) is 20.8 Å². The second-order valence-corrected chi connectivity index (χ2v) is 2.64. The van der Waals surface area contributed by atoms with Gasteiger partial charge in [-0.25, -0.2) is 4.99 Å². The molecule has 0 bridgehead atoms. The summed E-state index contributed by atoms with van der Waals surface area (Å²) in [4.78, 5) is 7.59. The Balaban J connectivity index is 4.22. The fraction of sp³-hybridized carbons (Fsp3) is 0.500. The molecule has 2 N–H and O–H groups in total. The van der Waals surface area contributed by atoms with E-state index in [9.17, 15) is 0 Å². The first-order valence-electron chi connectivity index (χ1n) is 3.54. The maximum atomic E-state index is 5.35. The first-order chi connectivity index (χ1) is 5.07. The van der Waals surface area contributed by atoms with Crippen LogP contribution in [0.1, 0.15) is 20.8 Å². The van der Waals surface area contributed by atoms with Gasteiger partial charge in [0.1, 0.15) is 5.82 Å². The van der Waals surface area contributed by atoms with Crippen molar-refractivity contribution in [2.24, 2.45) is 21.6 Å². The normalized spacial score (nSPS) is 13.8. The van der Waals surface area contributed by atoms with E-state index in [-0.39, 0.29) is 0 Å². The zero-order valence-electron chi connectivity index (χ0n) is 7.33. The van der Waals surface area contributed by atoms with Crippen molar-refractivity contribution in [2.75, 3.05) is 0 Å². The zero-order valence-corrected chi connectivity index (χ0v) is 7.33. The van der Waals surface area contributed by atoms with Crippen LogP contribution in [0.4, 0.5) is 0 Å². The first kappa shape index (κ1) is 9.88. The van der Waals surface area contributed by atoms with Crippen molar-refractivity contribution in [1.29, 1.82) is 0 Å². The summed E-state index contributed by atoms with van der Waals surface area (Å²) in [6.07, 6.45) is 1.52. The van der Waals surface area contributed by atoms with Gasteiger partial charge in [-0.3, -0.25) is 4.99 Å². The van der Waals surface area contributed by atoms with E-state index in [0.29, 0.717) is 11.7 Å². The van der Waals surface area contributed by atoms with E-state index in [2.05, 4.69) is 30.5 Å². The number of nitrogens with zero attached hydrogens (tertiary/aromatic N) is 2. The van der Waals surface area contributed by atoms with Crippen LogP contribution in [0.25, 0.3) is 0 Å². The molecule has 0 atom stereocenters. The van der Waals surface area contributed by atoms with E-state index in [4.69, 9.17) is 5.73 Å². The molecule has 62 valence electrons. The van der Waals surface area contributed by atoms with Crippen LogP contribution in [0.15, 0.2) is 22.0 Å². The molecule has 0 spiro atoms. The second kappa shape index (κ2) is 4.66.